The average Bonchev–Trinajstić information content (AvgIpc) is 3.50. The number of esters is 1. The van der Waals surface area contributed by atoms with Gasteiger partial charge in [-0.15, -0.1) is 0 Å². The number of nitriles is 1. The molecule has 5 rings (SSSR count). The van der Waals surface area contributed by atoms with Gasteiger partial charge in [-0.05, 0) is 55.0 Å². The molecule has 2 aromatic heterocycles. The molecule has 0 spiro atoms. The number of nitrogens with zero attached hydrogens (tertiary/aromatic N) is 5. The molecular formula is C31H22F3N5O5. The van der Waals surface area contributed by atoms with Crippen LogP contribution < -0.4 is 4.90 Å². The number of amides is 2. The zero-order valence-corrected chi connectivity index (χ0v) is 23.2. The molecule has 1 atom stereocenters. The maximum absolute atomic E-state index is 14.3. The van der Waals surface area contributed by atoms with E-state index >= 15 is 0 Å². The highest BCUT2D eigenvalue weighted by atomic mass is 19.4. The highest BCUT2D eigenvalue weighted by molar-refractivity contribution is 6.13. The number of ketones is 1. The molecule has 1 aliphatic rings. The molecule has 222 valence electrons. The van der Waals surface area contributed by atoms with Crippen LogP contribution in [0.2, 0.25) is 0 Å². The van der Waals surface area contributed by atoms with Crippen LogP contribution in [-0.4, -0.2) is 39.8 Å². The molecular weight excluding hydrogens is 579 g/mol. The Morgan fingerprint density at radius 1 is 1.11 bits per heavy atom. The second kappa shape index (κ2) is 11.8. The molecule has 2 amide bonds. The molecule has 1 aliphatic heterocycles. The molecule has 0 fully saturated rings. The van der Waals surface area contributed by atoms with Gasteiger partial charge in [0.2, 0.25) is 5.89 Å². The van der Waals surface area contributed by atoms with Crippen LogP contribution in [0.4, 0.5) is 23.7 Å². The monoisotopic (exact) mass is 601 g/mol. The molecule has 3 heterocycles. The van der Waals surface area contributed by atoms with Gasteiger partial charge in [0.15, 0.2) is 11.5 Å². The second-order valence-electron chi connectivity index (χ2n) is 9.62. The summed E-state index contributed by atoms with van der Waals surface area (Å²) in [4.78, 5) is 50.8. The summed E-state index contributed by atoms with van der Waals surface area (Å²) in [6.07, 6.45) is -0.846. The Bertz CT molecular complexity index is 1810. The normalized spacial score (nSPS) is 15.3. The molecule has 10 nitrogen and oxygen atoms in total. The number of hydrogen-bond donors (Lipinski definition) is 0. The summed E-state index contributed by atoms with van der Waals surface area (Å²) in [7, 11) is 1.16. The number of oxazole rings is 1. The number of halogens is 3. The van der Waals surface area contributed by atoms with E-state index in [1.54, 1.807) is 18.2 Å². The summed E-state index contributed by atoms with van der Waals surface area (Å²) in [6, 6.07) is 13.5. The second-order valence-corrected chi connectivity index (χ2v) is 9.62. The predicted octanol–water partition coefficient (Wildman–Crippen LogP) is 6.09. The van der Waals surface area contributed by atoms with Gasteiger partial charge in [-0.3, -0.25) is 14.7 Å². The number of alkyl halides is 3. The fraction of sp³-hybridized carbons (Fsp3) is 0.161. The van der Waals surface area contributed by atoms with E-state index in [-0.39, 0.29) is 34.1 Å². The van der Waals surface area contributed by atoms with E-state index in [0.717, 1.165) is 36.5 Å². The van der Waals surface area contributed by atoms with Crippen molar-refractivity contribution < 1.29 is 36.7 Å². The minimum atomic E-state index is -4.70. The number of benzene rings is 2. The van der Waals surface area contributed by atoms with Crippen molar-refractivity contribution in [3.8, 4) is 6.07 Å². The van der Waals surface area contributed by atoms with E-state index in [2.05, 4.69) is 14.7 Å². The lowest BCUT2D eigenvalue weighted by molar-refractivity contribution is -0.137. The predicted molar refractivity (Wildman–Crippen MR) is 148 cm³/mol. The Hall–Kier alpha value is -5.77. The summed E-state index contributed by atoms with van der Waals surface area (Å²) >= 11 is 0. The van der Waals surface area contributed by atoms with Gasteiger partial charge in [0.05, 0.1) is 42.6 Å². The molecule has 1 unspecified atom stereocenters. The third-order valence-electron chi connectivity index (χ3n) is 6.95. The number of ether oxygens (including phenoxy) is 1. The summed E-state index contributed by atoms with van der Waals surface area (Å²) < 4.78 is 51.2. The van der Waals surface area contributed by atoms with E-state index < -0.39 is 42.1 Å². The molecule has 13 heteroatoms. The van der Waals surface area contributed by atoms with Crippen molar-refractivity contribution in [2.75, 3.05) is 12.0 Å². The van der Waals surface area contributed by atoms with Crippen molar-refractivity contribution in [2.24, 2.45) is 0 Å². The molecule has 4 aromatic rings. The van der Waals surface area contributed by atoms with Crippen LogP contribution in [0.5, 0.6) is 0 Å². The van der Waals surface area contributed by atoms with Crippen molar-refractivity contribution in [3.05, 3.63) is 124 Å². The van der Waals surface area contributed by atoms with Crippen LogP contribution in [0.1, 0.15) is 56.4 Å². The number of methoxy groups -OCH3 is 1. The molecule has 2 aromatic carbocycles. The van der Waals surface area contributed by atoms with E-state index in [4.69, 9.17) is 4.42 Å². The van der Waals surface area contributed by atoms with Gasteiger partial charge in [-0.1, -0.05) is 18.2 Å². The van der Waals surface area contributed by atoms with Gasteiger partial charge in [-0.25, -0.2) is 14.6 Å². The quantitative estimate of drug-likeness (QED) is 0.184. The van der Waals surface area contributed by atoms with Gasteiger partial charge in [-0.2, -0.15) is 18.4 Å². The van der Waals surface area contributed by atoms with Crippen LogP contribution >= 0.6 is 0 Å². The lowest BCUT2D eigenvalue weighted by Gasteiger charge is -2.43. The van der Waals surface area contributed by atoms with Crippen molar-refractivity contribution in [3.63, 3.8) is 0 Å². The maximum atomic E-state index is 14.3. The number of carbonyl (C=O) groups excluding carboxylic acids is 3. The van der Waals surface area contributed by atoms with Gasteiger partial charge in [0.1, 0.15) is 6.26 Å². The van der Waals surface area contributed by atoms with Crippen LogP contribution in [0.25, 0.3) is 0 Å². The topological polar surface area (TPSA) is 130 Å². The third-order valence-corrected chi connectivity index (χ3v) is 6.95. The number of rotatable bonds is 7. The summed E-state index contributed by atoms with van der Waals surface area (Å²) in [5, 5.41) is 9.34. The van der Waals surface area contributed by atoms with E-state index in [9.17, 15) is 32.8 Å². The van der Waals surface area contributed by atoms with E-state index in [0.29, 0.717) is 11.1 Å². The number of Topliss-reactive ketones (excluding diaryl/α,β-unsaturated/α-hetero) is 1. The molecule has 0 saturated heterocycles. The number of urea groups is 1. The minimum absolute atomic E-state index is 0.0551. The SMILES string of the molecule is COC(=O)c1coc(CN2C(=O)N(c3cccc(C(F)(F)F)c3)C(C)=C(C(=O)c3cccnc3)C2c2ccc(C#N)cc2)n1. The lowest BCUT2D eigenvalue weighted by Crippen LogP contribution is -2.50. The van der Waals surface area contributed by atoms with Gasteiger partial charge < -0.3 is 14.1 Å². The minimum Gasteiger partial charge on any atom is -0.464 e. The molecule has 0 radical (unpaired) electrons. The molecule has 44 heavy (non-hydrogen) atoms. The zero-order valence-electron chi connectivity index (χ0n) is 23.2. The molecule has 0 aliphatic carbocycles. The van der Waals surface area contributed by atoms with E-state index in [1.807, 2.05) is 6.07 Å². The average molecular weight is 602 g/mol. The maximum Gasteiger partial charge on any atom is 0.416 e. The van der Waals surface area contributed by atoms with Gasteiger partial charge >= 0.3 is 18.2 Å². The standard InChI is InChI=1S/C31H22F3N5O5/c1-18-26(28(40)21-5-4-12-36-15-21)27(20-10-8-19(14-35)9-11-20)38(16-25-37-24(17-44-25)29(41)43-2)30(42)39(18)23-7-3-6-22(13-23)31(32,33)34/h3-13,15,17,27H,16H2,1-2H3. The van der Waals surface area contributed by atoms with Crippen molar-refractivity contribution in [1.82, 2.24) is 14.9 Å². The fourth-order valence-electron chi connectivity index (χ4n) is 4.90. The largest absolute Gasteiger partial charge is 0.464 e. The van der Waals surface area contributed by atoms with Crippen LogP contribution in [-0.2, 0) is 17.5 Å². The third kappa shape index (κ3) is 5.65. The van der Waals surface area contributed by atoms with Crippen LogP contribution in [0.15, 0.2) is 95.0 Å². The van der Waals surface area contributed by atoms with Crippen molar-refractivity contribution in [1.29, 1.82) is 5.26 Å². The number of anilines is 1. The van der Waals surface area contributed by atoms with Crippen molar-refractivity contribution in [2.45, 2.75) is 25.7 Å². The highest BCUT2D eigenvalue weighted by Gasteiger charge is 2.43. The number of aromatic nitrogens is 2. The summed E-state index contributed by atoms with van der Waals surface area (Å²) in [5.41, 5.74) is -0.248. The molecule has 0 bridgehead atoms. The zero-order chi connectivity index (χ0) is 31.6. The Balaban J connectivity index is 1.74. The first-order valence-corrected chi connectivity index (χ1v) is 13.0. The Morgan fingerprint density at radius 2 is 1.86 bits per heavy atom. The Morgan fingerprint density at radius 3 is 2.50 bits per heavy atom. The first-order chi connectivity index (χ1) is 21.0. The van der Waals surface area contributed by atoms with Crippen LogP contribution in [0, 0.1) is 11.3 Å². The summed E-state index contributed by atoms with van der Waals surface area (Å²) in [6.45, 7) is 1.07. The molecule has 0 saturated carbocycles. The number of pyridine rings is 1. The van der Waals surface area contributed by atoms with Gasteiger partial charge in [0, 0.05) is 29.2 Å². The number of carbonyl (C=O) groups is 3. The van der Waals surface area contributed by atoms with Crippen LogP contribution in [0.3, 0.4) is 0 Å². The Kier molecular flexibility index (Phi) is 8.00. The van der Waals surface area contributed by atoms with E-state index in [1.165, 1.54) is 48.5 Å². The number of allylic oxidation sites excluding steroid dienone is 1. The number of hydrogen-bond acceptors (Lipinski definition) is 8. The smallest absolute Gasteiger partial charge is 0.416 e. The fourth-order valence-corrected chi connectivity index (χ4v) is 4.90. The Labute approximate surface area is 248 Å². The first-order valence-electron chi connectivity index (χ1n) is 13.0. The van der Waals surface area contributed by atoms with Gasteiger partial charge in [0.25, 0.3) is 0 Å². The highest BCUT2D eigenvalue weighted by Crippen LogP contribution is 2.42. The first kappa shape index (κ1) is 29.7. The van der Waals surface area contributed by atoms with Crippen molar-refractivity contribution >= 4 is 23.5 Å². The summed E-state index contributed by atoms with van der Waals surface area (Å²) in [5.74, 6) is -1.43. The molecule has 0 N–H and O–H groups in total. The lowest BCUT2D eigenvalue weighted by atomic mass is 9.87.